The molecule has 0 unspecified atom stereocenters. The van der Waals surface area contributed by atoms with Crippen molar-refractivity contribution >= 4 is 6.09 Å². The van der Waals surface area contributed by atoms with Crippen molar-refractivity contribution < 1.29 is 9.53 Å². The van der Waals surface area contributed by atoms with Crippen LogP contribution >= 0.6 is 0 Å². The molecule has 1 amide bonds. The van der Waals surface area contributed by atoms with Crippen LogP contribution in [0.2, 0.25) is 0 Å². The van der Waals surface area contributed by atoms with E-state index in [4.69, 9.17) is 0 Å². The molecule has 4 heteroatoms. The smallest absolute Gasteiger partial charge is 0.404 e. The summed E-state index contributed by atoms with van der Waals surface area (Å²) in [5.41, 5.74) is 6.98. The number of primary amides is 1. The third kappa shape index (κ3) is 5.03. The third-order valence-electron chi connectivity index (χ3n) is 2.03. The molecule has 4 nitrogen and oxygen atoms in total. The maximum atomic E-state index is 9.71. The number of benzene rings is 1. The number of nitrogens with one attached hydrogen (secondary N) is 1. The number of H-pyrrole nitrogens is 1. The van der Waals surface area contributed by atoms with Gasteiger partial charge in [-0.2, -0.15) is 0 Å². The van der Waals surface area contributed by atoms with Crippen LogP contribution in [0.25, 0.3) is 11.3 Å². The molecule has 0 fully saturated rings. The second-order valence-corrected chi connectivity index (χ2v) is 3.37. The topological polar surface area (TPSA) is 68.1 Å². The Bertz CT molecular complexity index is 464. The average Bonchev–Trinajstić information content (AvgIpc) is 2.92. The molecule has 0 aliphatic carbocycles. The van der Waals surface area contributed by atoms with E-state index in [1.165, 1.54) is 17.3 Å². The highest BCUT2D eigenvalue weighted by atomic mass is 16.5. The molecule has 0 aliphatic rings. The molecular formula is C14H16N2O2. The van der Waals surface area contributed by atoms with Crippen LogP contribution in [-0.2, 0) is 4.74 Å². The van der Waals surface area contributed by atoms with E-state index in [1.807, 2.05) is 30.5 Å². The monoisotopic (exact) mass is 244 g/mol. The Morgan fingerprint density at radius 3 is 2.44 bits per heavy atom. The normalized spacial score (nSPS) is 8.89. The number of nitrogens with two attached hydrogens (primary N) is 1. The Balaban J connectivity index is 0.000000203. The minimum atomic E-state index is -0.764. The fraction of sp³-hybridized carbons (Fsp3) is 0.0714. The summed E-state index contributed by atoms with van der Waals surface area (Å²) in [6, 6.07) is 14.3. The van der Waals surface area contributed by atoms with Crippen LogP contribution in [0, 0.1) is 0 Å². The lowest BCUT2D eigenvalue weighted by Crippen LogP contribution is -2.12. The van der Waals surface area contributed by atoms with Gasteiger partial charge in [0.05, 0.1) is 0 Å². The summed E-state index contributed by atoms with van der Waals surface area (Å²) < 4.78 is 4.21. The Hall–Kier alpha value is -2.49. The Morgan fingerprint density at radius 2 is 2.00 bits per heavy atom. The van der Waals surface area contributed by atoms with Crippen LogP contribution in [0.4, 0.5) is 4.79 Å². The van der Waals surface area contributed by atoms with E-state index in [1.54, 1.807) is 0 Å². The quantitative estimate of drug-likeness (QED) is 0.815. The molecule has 0 saturated heterocycles. The van der Waals surface area contributed by atoms with Crippen LogP contribution in [-0.4, -0.2) is 17.7 Å². The van der Waals surface area contributed by atoms with E-state index in [0.29, 0.717) is 0 Å². The van der Waals surface area contributed by atoms with Gasteiger partial charge < -0.3 is 15.5 Å². The van der Waals surface area contributed by atoms with Gasteiger partial charge in [-0.05, 0) is 17.7 Å². The highest BCUT2D eigenvalue weighted by Crippen LogP contribution is 2.14. The van der Waals surface area contributed by atoms with Crippen molar-refractivity contribution in [3.8, 4) is 11.3 Å². The van der Waals surface area contributed by atoms with Gasteiger partial charge in [0.25, 0.3) is 0 Å². The molecule has 0 radical (unpaired) electrons. The van der Waals surface area contributed by atoms with Crippen molar-refractivity contribution in [2.24, 2.45) is 5.73 Å². The lowest BCUT2D eigenvalue weighted by atomic mass is 10.2. The van der Waals surface area contributed by atoms with Gasteiger partial charge in [0.1, 0.15) is 6.61 Å². The first-order valence-corrected chi connectivity index (χ1v) is 5.46. The molecule has 2 rings (SSSR count). The van der Waals surface area contributed by atoms with Crippen LogP contribution in [0.5, 0.6) is 0 Å². The van der Waals surface area contributed by atoms with Gasteiger partial charge in [-0.1, -0.05) is 43.0 Å². The first kappa shape index (κ1) is 13.6. The minimum absolute atomic E-state index is 0.190. The maximum Gasteiger partial charge on any atom is 0.404 e. The number of hydrogen-bond donors (Lipinski definition) is 2. The number of carbonyl (C=O) groups excluding carboxylic acids is 1. The Labute approximate surface area is 106 Å². The number of aromatic nitrogens is 1. The van der Waals surface area contributed by atoms with Gasteiger partial charge in [-0.25, -0.2) is 4.79 Å². The summed E-state index contributed by atoms with van der Waals surface area (Å²) in [5.74, 6) is 0. The first-order valence-electron chi connectivity index (χ1n) is 5.46. The Morgan fingerprint density at radius 1 is 1.28 bits per heavy atom. The van der Waals surface area contributed by atoms with Crippen molar-refractivity contribution in [3.05, 3.63) is 61.3 Å². The molecule has 3 N–H and O–H groups in total. The molecule has 94 valence electrons. The molecule has 0 saturated carbocycles. The molecule has 0 atom stereocenters. The van der Waals surface area contributed by atoms with Gasteiger partial charge >= 0.3 is 6.09 Å². The predicted molar refractivity (Wildman–Crippen MR) is 72.0 cm³/mol. The average molecular weight is 244 g/mol. The molecule has 1 heterocycles. The van der Waals surface area contributed by atoms with Crippen molar-refractivity contribution in [1.82, 2.24) is 4.98 Å². The van der Waals surface area contributed by atoms with Gasteiger partial charge in [0.15, 0.2) is 0 Å². The van der Waals surface area contributed by atoms with E-state index >= 15 is 0 Å². The number of rotatable bonds is 3. The molecule has 1 aromatic carbocycles. The second kappa shape index (κ2) is 7.73. The highest BCUT2D eigenvalue weighted by Gasteiger charge is 1.93. The van der Waals surface area contributed by atoms with Crippen LogP contribution in [0.3, 0.4) is 0 Å². The summed E-state index contributed by atoms with van der Waals surface area (Å²) in [6.07, 6.45) is 2.62. The second-order valence-electron chi connectivity index (χ2n) is 3.37. The number of ether oxygens (including phenoxy) is 1. The summed E-state index contributed by atoms with van der Waals surface area (Å²) in [5, 5.41) is 0. The molecule has 0 spiro atoms. The first-order chi connectivity index (χ1) is 8.74. The highest BCUT2D eigenvalue weighted by molar-refractivity contribution is 5.64. The zero-order valence-corrected chi connectivity index (χ0v) is 10.0. The van der Waals surface area contributed by atoms with E-state index in [9.17, 15) is 4.79 Å². The minimum Gasteiger partial charge on any atom is -0.445 e. The van der Waals surface area contributed by atoms with E-state index in [2.05, 4.69) is 40.2 Å². The summed E-state index contributed by atoms with van der Waals surface area (Å²) in [4.78, 5) is 12.9. The number of carbonyl (C=O) groups is 1. The summed E-state index contributed by atoms with van der Waals surface area (Å²) in [6.45, 7) is 3.49. The fourth-order valence-corrected chi connectivity index (χ4v) is 1.27. The van der Waals surface area contributed by atoms with Crippen LogP contribution in [0.1, 0.15) is 0 Å². The SMILES string of the molecule is C=CCOC(N)=O.c1ccc(-c2ccc[nH]2)cc1. The van der Waals surface area contributed by atoms with Gasteiger partial charge in [-0.3, -0.25) is 0 Å². The molecule has 18 heavy (non-hydrogen) atoms. The maximum absolute atomic E-state index is 9.71. The zero-order valence-electron chi connectivity index (χ0n) is 10.0. The number of hydrogen-bond acceptors (Lipinski definition) is 2. The molecule has 0 bridgehead atoms. The molecule has 1 aromatic heterocycles. The van der Waals surface area contributed by atoms with Gasteiger partial charge in [0.2, 0.25) is 0 Å². The van der Waals surface area contributed by atoms with Crippen LogP contribution in [0.15, 0.2) is 61.3 Å². The standard InChI is InChI=1S/C10H9N.C4H7NO2/c1-2-5-9(6-3-1)10-7-4-8-11-10;1-2-3-7-4(5)6/h1-8,11H;2H,1,3H2,(H2,5,6). The molecule has 0 aliphatic heterocycles. The van der Waals surface area contributed by atoms with Crippen molar-refractivity contribution in [2.45, 2.75) is 0 Å². The zero-order chi connectivity index (χ0) is 13.2. The predicted octanol–water partition coefficient (Wildman–Crippen LogP) is 2.95. The van der Waals surface area contributed by atoms with E-state index < -0.39 is 6.09 Å². The largest absolute Gasteiger partial charge is 0.445 e. The van der Waals surface area contributed by atoms with Gasteiger partial charge in [-0.15, -0.1) is 0 Å². The number of amides is 1. The van der Waals surface area contributed by atoms with E-state index in [-0.39, 0.29) is 6.61 Å². The Kier molecular flexibility index (Phi) is 5.83. The lowest BCUT2D eigenvalue weighted by Gasteiger charge is -1.94. The van der Waals surface area contributed by atoms with Crippen molar-refractivity contribution in [2.75, 3.05) is 6.61 Å². The molecular weight excluding hydrogens is 228 g/mol. The third-order valence-corrected chi connectivity index (χ3v) is 2.03. The summed E-state index contributed by atoms with van der Waals surface area (Å²) >= 11 is 0. The van der Waals surface area contributed by atoms with Gasteiger partial charge in [0, 0.05) is 11.9 Å². The lowest BCUT2D eigenvalue weighted by molar-refractivity contribution is 0.169. The van der Waals surface area contributed by atoms with Crippen molar-refractivity contribution in [3.63, 3.8) is 0 Å². The van der Waals surface area contributed by atoms with Crippen molar-refractivity contribution in [1.29, 1.82) is 0 Å². The fourth-order valence-electron chi connectivity index (χ4n) is 1.27. The molecule has 2 aromatic rings. The number of aromatic amines is 1. The van der Waals surface area contributed by atoms with E-state index in [0.717, 1.165) is 0 Å². The summed E-state index contributed by atoms with van der Waals surface area (Å²) in [7, 11) is 0. The van der Waals surface area contributed by atoms with Crippen LogP contribution < -0.4 is 5.73 Å².